The molecule has 1 aromatic carbocycles. The van der Waals surface area contributed by atoms with Gasteiger partial charge in [0.15, 0.2) is 11.6 Å². The summed E-state index contributed by atoms with van der Waals surface area (Å²) in [4.78, 5) is 29.9. The number of nitrogens with one attached hydrogen (secondary N) is 1. The van der Waals surface area contributed by atoms with Gasteiger partial charge in [0, 0.05) is 17.8 Å². The molecule has 0 amide bonds. The molecule has 2 rings (SSSR count). The number of rotatable bonds is 6. The molecule has 0 radical (unpaired) electrons. The molecular formula is C21H28N2O2. The van der Waals surface area contributed by atoms with Crippen LogP contribution in [0.15, 0.2) is 18.2 Å². The van der Waals surface area contributed by atoms with Gasteiger partial charge in [0.1, 0.15) is 0 Å². The van der Waals surface area contributed by atoms with Crippen LogP contribution in [0.25, 0.3) is 0 Å². The molecule has 1 heterocycles. The van der Waals surface area contributed by atoms with E-state index in [0.717, 1.165) is 11.3 Å². The summed E-state index contributed by atoms with van der Waals surface area (Å²) in [6.07, 6.45) is 0. The van der Waals surface area contributed by atoms with E-state index < -0.39 is 0 Å². The lowest BCUT2D eigenvalue weighted by Gasteiger charge is -2.24. The molecule has 0 saturated carbocycles. The van der Waals surface area contributed by atoms with Gasteiger partial charge in [-0.15, -0.1) is 0 Å². The number of aromatic nitrogens is 1. The minimum absolute atomic E-state index is 0.0124. The van der Waals surface area contributed by atoms with Gasteiger partial charge in [-0.2, -0.15) is 0 Å². The third-order valence-electron chi connectivity index (χ3n) is 4.99. The van der Waals surface area contributed by atoms with Crippen LogP contribution >= 0.6 is 0 Å². The first-order valence-electron chi connectivity index (χ1n) is 8.64. The van der Waals surface area contributed by atoms with Crippen molar-refractivity contribution in [2.45, 2.75) is 54.1 Å². The van der Waals surface area contributed by atoms with Crippen LogP contribution in [0.4, 0.5) is 0 Å². The molecule has 4 heteroatoms. The largest absolute Gasteiger partial charge is 0.355 e. The van der Waals surface area contributed by atoms with E-state index in [2.05, 4.69) is 37.0 Å². The highest BCUT2D eigenvalue weighted by Gasteiger charge is 2.26. The van der Waals surface area contributed by atoms with Gasteiger partial charge in [0.05, 0.1) is 11.7 Å². The maximum atomic E-state index is 12.9. The number of Topliss-reactive ketones (excluding diaryl/α,β-unsaturated/α-hetero) is 2. The third-order valence-corrected chi connectivity index (χ3v) is 4.99. The minimum Gasteiger partial charge on any atom is -0.355 e. The van der Waals surface area contributed by atoms with Gasteiger partial charge >= 0.3 is 0 Å². The zero-order valence-corrected chi connectivity index (χ0v) is 16.3. The van der Waals surface area contributed by atoms with E-state index in [4.69, 9.17) is 0 Å². The highest BCUT2D eigenvalue weighted by molar-refractivity contribution is 6.05. The van der Waals surface area contributed by atoms with Crippen LogP contribution in [0.1, 0.15) is 62.6 Å². The van der Waals surface area contributed by atoms with Crippen molar-refractivity contribution in [2.75, 3.05) is 7.05 Å². The topological polar surface area (TPSA) is 53.2 Å². The average Bonchev–Trinajstić information content (AvgIpc) is 2.83. The number of benzene rings is 1. The molecule has 0 spiro atoms. The molecule has 0 bridgehead atoms. The number of likely N-dealkylation sites (N-methyl/N-ethyl adjacent to an activating group) is 1. The summed E-state index contributed by atoms with van der Waals surface area (Å²) in [6, 6.07) is 6.10. The molecule has 1 atom stereocenters. The Labute approximate surface area is 150 Å². The molecule has 2 aromatic rings. The van der Waals surface area contributed by atoms with E-state index in [1.54, 1.807) is 0 Å². The Morgan fingerprint density at radius 2 is 1.80 bits per heavy atom. The van der Waals surface area contributed by atoms with Crippen LogP contribution < -0.4 is 0 Å². The molecular weight excluding hydrogens is 312 g/mol. The van der Waals surface area contributed by atoms with Crippen LogP contribution in [0.5, 0.6) is 0 Å². The number of hydrogen-bond acceptors (Lipinski definition) is 3. The van der Waals surface area contributed by atoms with Crippen LogP contribution in [-0.2, 0) is 6.54 Å². The van der Waals surface area contributed by atoms with Crippen molar-refractivity contribution in [3.05, 3.63) is 57.4 Å². The van der Waals surface area contributed by atoms with E-state index >= 15 is 0 Å². The second-order valence-corrected chi connectivity index (χ2v) is 7.07. The summed E-state index contributed by atoms with van der Waals surface area (Å²) in [5.74, 6) is 0.00181. The van der Waals surface area contributed by atoms with E-state index in [9.17, 15) is 9.59 Å². The lowest BCUT2D eigenvalue weighted by atomic mass is 10.0. The Bertz CT molecular complexity index is 818. The number of carbonyl (C=O) groups excluding carboxylic acids is 2. The van der Waals surface area contributed by atoms with Gasteiger partial charge < -0.3 is 4.98 Å². The molecule has 1 N–H and O–H groups in total. The van der Waals surface area contributed by atoms with Crippen LogP contribution in [0.3, 0.4) is 0 Å². The average molecular weight is 340 g/mol. The summed E-state index contributed by atoms with van der Waals surface area (Å²) >= 11 is 0. The number of aromatic amines is 1. The maximum Gasteiger partial charge on any atom is 0.196 e. The van der Waals surface area contributed by atoms with E-state index in [1.807, 2.05) is 32.7 Å². The number of ketones is 2. The molecule has 134 valence electrons. The van der Waals surface area contributed by atoms with Gasteiger partial charge in [-0.1, -0.05) is 23.8 Å². The van der Waals surface area contributed by atoms with Crippen molar-refractivity contribution in [1.82, 2.24) is 9.88 Å². The number of hydrogen-bond donors (Lipinski definition) is 1. The number of H-pyrrole nitrogens is 1. The first-order valence-corrected chi connectivity index (χ1v) is 8.64. The Kier molecular flexibility index (Phi) is 5.63. The fraction of sp³-hybridized carbons (Fsp3) is 0.429. The summed E-state index contributed by atoms with van der Waals surface area (Å²) in [6.45, 7) is 12.0. The molecule has 0 fully saturated rings. The van der Waals surface area contributed by atoms with Crippen molar-refractivity contribution in [1.29, 1.82) is 0 Å². The van der Waals surface area contributed by atoms with E-state index in [-0.39, 0.29) is 17.6 Å². The second-order valence-electron chi connectivity index (χ2n) is 7.07. The fourth-order valence-electron chi connectivity index (χ4n) is 3.36. The third kappa shape index (κ3) is 3.90. The Morgan fingerprint density at radius 3 is 2.32 bits per heavy atom. The molecule has 25 heavy (non-hydrogen) atoms. The molecule has 0 unspecified atom stereocenters. The number of aryl methyl sites for hydroxylation is 3. The van der Waals surface area contributed by atoms with E-state index in [0.29, 0.717) is 17.8 Å². The molecule has 0 saturated heterocycles. The molecule has 1 aromatic heterocycles. The van der Waals surface area contributed by atoms with Crippen LogP contribution in [-0.4, -0.2) is 34.5 Å². The van der Waals surface area contributed by atoms with Gasteiger partial charge in [-0.05, 0) is 65.3 Å². The summed E-state index contributed by atoms with van der Waals surface area (Å²) in [5.41, 5.74) is 6.38. The lowest BCUT2D eigenvalue weighted by Crippen LogP contribution is -2.36. The smallest absolute Gasteiger partial charge is 0.196 e. The van der Waals surface area contributed by atoms with Crippen molar-refractivity contribution < 1.29 is 9.59 Å². The van der Waals surface area contributed by atoms with Gasteiger partial charge in [-0.3, -0.25) is 14.5 Å². The zero-order chi connectivity index (χ0) is 18.9. The summed E-state index contributed by atoms with van der Waals surface area (Å²) < 4.78 is 0. The standard InChI is InChI=1S/C21H28N2O2/c1-12-8-9-18(13(2)10-12)11-23(7)16(5)21(25)20-14(3)19(17(6)24)15(4)22-20/h8-10,16,22H,11H2,1-7H3/t16-/m0/s1. The lowest BCUT2D eigenvalue weighted by molar-refractivity contribution is 0.0856. The highest BCUT2D eigenvalue weighted by atomic mass is 16.1. The molecule has 0 aliphatic heterocycles. The first-order chi connectivity index (χ1) is 11.6. The van der Waals surface area contributed by atoms with Crippen molar-refractivity contribution in [3.8, 4) is 0 Å². The van der Waals surface area contributed by atoms with Crippen LogP contribution in [0, 0.1) is 27.7 Å². The monoisotopic (exact) mass is 340 g/mol. The fourth-order valence-corrected chi connectivity index (χ4v) is 3.36. The second kappa shape index (κ2) is 7.36. The first kappa shape index (κ1) is 19.1. The Hall–Kier alpha value is -2.20. The summed E-state index contributed by atoms with van der Waals surface area (Å²) in [5, 5.41) is 0. The Morgan fingerprint density at radius 1 is 1.16 bits per heavy atom. The van der Waals surface area contributed by atoms with Crippen molar-refractivity contribution >= 4 is 11.6 Å². The predicted octanol–water partition coefficient (Wildman–Crippen LogP) is 4.15. The number of carbonyl (C=O) groups is 2. The van der Waals surface area contributed by atoms with Crippen molar-refractivity contribution in [2.24, 2.45) is 0 Å². The highest BCUT2D eigenvalue weighted by Crippen LogP contribution is 2.21. The Balaban J connectivity index is 2.22. The van der Waals surface area contributed by atoms with Gasteiger partial charge in [0.25, 0.3) is 0 Å². The van der Waals surface area contributed by atoms with Gasteiger partial charge in [-0.25, -0.2) is 0 Å². The van der Waals surface area contributed by atoms with Crippen LogP contribution in [0.2, 0.25) is 0 Å². The quantitative estimate of drug-likeness (QED) is 0.804. The molecule has 0 aliphatic carbocycles. The normalized spacial score (nSPS) is 12.5. The molecule has 0 aliphatic rings. The summed E-state index contributed by atoms with van der Waals surface area (Å²) in [7, 11) is 1.96. The maximum absolute atomic E-state index is 12.9. The van der Waals surface area contributed by atoms with Crippen molar-refractivity contribution in [3.63, 3.8) is 0 Å². The molecule has 4 nitrogen and oxygen atoms in total. The SMILES string of the molecule is CC(=O)c1c(C)[nH]c(C(=O)[C@H](C)N(C)Cc2ccc(C)cc2C)c1C. The number of nitrogens with zero attached hydrogens (tertiary/aromatic N) is 1. The zero-order valence-electron chi connectivity index (χ0n) is 16.3. The minimum atomic E-state index is -0.280. The van der Waals surface area contributed by atoms with E-state index in [1.165, 1.54) is 23.6 Å². The predicted molar refractivity (Wildman–Crippen MR) is 101 cm³/mol. The van der Waals surface area contributed by atoms with Gasteiger partial charge in [0.2, 0.25) is 0 Å².